The van der Waals surface area contributed by atoms with Crippen molar-refractivity contribution in [3.05, 3.63) is 52.5 Å². The van der Waals surface area contributed by atoms with Crippen LogP contribution in [-0.4, -0.2) is 37.5 Å². The van der Waals surface area contributed by atoms with Crippen LogP contribution in [0.15, 0.2) is 42.5 Å². The third kappa shape index (κ3) is 6.12. The lowest BCUT2D eigenvalue weighted by atomic mass is 10.1. The van der Waals surface area contributed by atoms with Gasteiger partial charge in [-0.3, -0.25) is 14.4 Å². The van der Waals surface area contributed by atoms with E-state index in [0.29, 0.717) is 28.0 Å². The Bertz CT molecular complexity index is 965. The van der Waals surface area contributed by atoms with Gasteiger partial charge in [-0.1, -0.05) is 30.1 Å². The van der Waals surface area contributed by atoms with Crippen molar-refractivity contribution in [3.63, 3.8) is 0 Å². The molecule has 0 aliphatic carbocycles. The minimum atomic E-state index is -0.638. The fourth-order valence-corrected chi connectivity index (χ4v) is 3.38. The zero-order valence-corrected chi connectivity index (χ0v) is 18.4. The number of nitrogens with one attached hydrogen (secondary N) is 1. The van der Waals surface area contributed by atoms with Gasteiger partial charge in [-0.25, -0.2) is 0 Å². The molecule has 1 aliphatic rings. The van der Waals surface area contributed by atoms with Crippen LogP contribution in [0.25, 0.3) is 0 Å². The summed E-state index contributed by atoms with van der Waals surface area (Å²) >= 11 is 11.7. The molecule has 0 radical (unpaired) electrons. The Morgan fingerprint density at radius 1 is 1.13 bits per heavy atom. The Balaban J connectivity index is 1.50. The Hall–Kier alpha value is -2.77. The average molecular weight is 465 g/mol. The molecule has 1 atom stereocenters. The van der Waals surface area contributed by atoms with E-state index in [-0.39, 0.29) is 18.9 Å². The molecule has 1 aliphatic heterocycles. The number of carbonyl (C=O) groups excluding carboxylic acids is 3. The van der Waals surface area contributed by atoms with Crippen molar-refractivity contribution in [2.24, 2.45) is 5.92 Å². The summed E-state index contributed by atoms with van der Waals surface area (Å²) in [7, 11) is 0. The van der Waals surface area contributed by atoms with Crippen LogP contribution in [0.1, 0.15) is 19.8 Å². The number of halogens is 2. The number of hydrogen-bond donors (Lipinski definition) is 1. The Morgan fingerprint density at radius 2 is 1.87 bits per heavy atom. The smallest absolute Gasteiger partial charge is 0.311 e. The van der Waals surface area contributed by atoms with Crippen LogP contribution in [0.2, 0.25) is 10.0 Å². The number of benzene rings is 2. The number of nitrogens with zero attached hydrogens (tertiary/aromatic N) is 1. The fraction of sp³-hybridized carbons (Fsp3) is 0.318. The van der Waals surface area contributed by atoms with E-state index in [4.69, 9.17) is 32.7 Å². The van der Waals surface area contributed by atoms with Crippen molar-refractivity contribution in [3.8, 4) is 5.75 Å². The van der Waals surface area contributed by atoms with Gasteiger partial charge in [0.15, 0.2) is 6.61 Å². The average Bonchev–Trinajstić information content (AvgIpc) is 3.15. The largest absolute Gasteiger partial charge is 0.494 e. The first-order chi connectivity index (χ1) is 14.9. The zero-order chi connectivity index (χ0) is 22.4. The maximum Gasteiger partial charge on any atom is 0.311 e. The van der Waals surface area contributed by atoms with Crippen LogP contribution in [0, 0.1) is 5.92 Å². The predicted molar refractivity (Wildman–Crippen MR) is 119 cm³/mol. The van der Waals surface area contributed by atoms with Gasteiger partial charge in [0, 0.05) is 24.3 Å². The van der Waals surface area contributed by atoms with Crippen molar-refractivity contribution in [2.75, 3.05) is 30.0 Å². The molecule has 0 spiro atoms. The molecule has 7 nitrogen and oxygen atoms in total. The molecule has 2 aromatic rings. The Kier molecular flexibility index (Phi) is 7.76. The van der Waals surface area contributed by atoms with Crippen LogP contribution >= 0.6 is 23.2 Å². The molecule has 9 heteroatoms. The van der Waals surface area contributed by atoms with E-state index in [2.05, 4.69) is 5.32 Å². The van der Waals surface area contributed by atoms with E-state index in [9.17, 15) is 14.4 Å². The minimum absolute atomic E-state index is 0.0291. The molecule has 1 fully saturated rings. The summed E-state index contributed by atoms with van der Waals surface area (Å²) in [6, 6.07) is 11.8. The summed E-state index contributed by atoms with van der Waals surface area (Å²) < 4.78 is 10.6. The number of hydrogen-bond acceptors (Lipinski definition) is 5. The summed E-state index contributed by atoms with van der Waals surface area (Å²) in [5.74, 6) is -1.20. The third-order valence-electron chi connectivity index (χ3n) is 4.63. The minimum Gasteiger partial charge on any atom is -0.494 e. The molecule has 0 unspecified atom stereocenters. The third-order valence-corrected chi connectivity index (χ3v) is 5.37. The van der Waals surface area contributed by atoms with Gasteiger partial charge in [0.1, 0.15) is 5.75 Å². The normalized spacial score (nSPS) is 15.6. The molecule has 0 aromatic heterocycles. The number of amides is 2. The number of ether oxygens (including phenoxy) is 2. The van der Waals surface area contributed by atoms with E-state index in [1.807, 2.05) is 6.92 Å². The van der Waals surface area contributed by atoms with Crippen molar-refractivity contribution < 1.29 is 23.9 Å². The second-order valence-electron chi connectivity index (χ2n) is 7.03. The zero-order valence-electron chi connectivity index (χ0n) is 16.9. The van der Waals surface area contributed by atoms with E-state index < -0.39 is 24.4 Å². The maximum absolute atomic E-state index is 12.4. The molecule has 1 saturated heterocycles. The summed E-state index contributed by atoms with van der Waals surface area (Å²) in [6.07, 6.45) is 0.933. The van der Waals surface area contributed by atoms with Crippen molar-refractivity contribution in [1.29, 1.82) is 0 Å². The van der Waals surface area contributed by atoms with Crippen LogP contribution in [0.5, 0.6) is 5.75 Å². The highest BCUT2D eigenvalue weighted by atomic mass is 35.5. The molecular weight excluding hydrogens is 443 g/mol. The monoisotopic (exact) mass is 464 g/mol. The highest BCUT2D eigenvalue weighted by Crippen LogP contribution is 2.28. The molecule has 3 rings (SSSR count). The fourth-order valence-electron chi connectivity index (χ4n) is 3.08. The molecule has 0 bridgehead atoms. The number of esters is 1. The summed E-state index contributed by atoms with van der Waals surface area (Å²) in [4.78, 5) is 38.3. The molecule has 0 saturated carbocycles. The van der Waals surface area contributed by atoms with Gasteiger partial charge in [-0.05, 0) is 48.9 Å². The SMILES string of the molecule is CCCOc1ccc(N2C[C@H](C(=O)OCC(=O)Nc3ccc(Cl)c(Cl)c3)CC2=O)cc1. The standard InChI is InChI=1S/C22H22Cl2N2O5/c1-2-9-30-17-6-4-16(5-7-17)26-12-14(10-21(26)28)22(29)31-13-20(27)25-15-3-8-18(23)19(24)11-15/h3-8,11,14H,2,9-10,12-13H2,1H3,(H,25,27)/t14-/m1/s1. The first kappa shape index (κ1) is 22.9. The first-order valence-corrected chi connectivity index (χ1v) is 10.6. The van der Waals surface area contributed by atoms with Crippen molar-refractivity contribution >= 4 is 52.4 Å². The van der Waals surface area contributed by atoms with Crippen LogP contribution in [0.4, 0.5) is 11.4 Å². The lowest BCUT2D eigenvalue weighted by Gasteiger charge is -2.17. The number of rotatable bonds is 8. The van der Waals surface area contributed by atoms with Crippen LogP contribution < -0.4 is 15.0 Å². The molecule has 1 N–H and O–H groups in total. The molecular formula is C22H22Cl2N2O5. The van der Waals surface area contributed by atoms with Crippen LogP contribution in [-0.2, 0) is 19.1 Å². The van der Waals surface area contributed by atoms with Gasteiger partial charge in [-0.2, -0.15) is 0 Å². The van der Waals surface area contributed by atoms with E-state index in [0.717, 1.165) is 12.2 Å². The van der Waals surface area contributed by atoms with Gasteiger partial charge < -0.3 is 19.7 Å². The summed E-state index contributed by atoms with van der Waals surface area (Å²) in [5.41, 5.74) is 1.12. The van der Waals surface area contributed by atoms with Crippen molar-refractivity contribution in [1.82, 2.24) is 0 Å². The lowest BCUT2D eigenvalue weighted by Crippen LogP contribution is -2.28. The predicted octanol–water partition coefficient (Wildman–Crippen LogP) is 4.32. The number of anilines is 2. The lowest BCUT2D eigenvalue weighted by molar-refractivity contribution is -0.151. The summed E-state index contributed by atoms with van der Waals surface area (Å²) in [6.45, 7) is 2.37. The Labute approximate surface area is 190 Å². The summed E-state index contributed by atoms with van der Waals surface area (Å²) in [5, 5.41) is 3.23. The highest BCUT2D eigenvalue weighted by molar-refractivity contribution is 6.42. The van der Waals surface area contributed by atoms with Crippen molar-refractivity contribution in [2.45, 2.75) is 19.8 Å². The van der Waals surface area contributed by atoms with Gasteiger partial charge in [0.05, 0.1) is 22.6 Å². The quantitative estimate of drug-likeness (QED) is 0.588. The molecule has 2 amide bonds. The first-order valence-electron chi connectivity index (χ1n) is 9.82. The second-order valence-corrected chi connectivity index (χ2v) is 7.85. The van der Waals surface area contributed by atoms with E-state index >= 15 is 0 Å². The molecule has 1 heterocycles. The van der Waals surface area contributed by atoms with Gasteiger partial charge >= 0.3 is 5.97 Å². The number of carbonyl (C=O) groups is 3. The maximum atomic E-state index is 12.4. The van der Waals surface area contributed by atoms with Gasteiger partial charge in [0.2, 0.25) is 5.91 Å². The molecule has 2 aromatic carbocycles. The van der Waals surface area contributed by atoms with E-state index in [1.54, 1.807) is 36.4 Å². The molecule has 164 valence electrons. The Morgan fingerprint density at radius 3 is 2.55 bits per heavy atom. The van der Waals surface area contributed by atoms with Gasteiger partial charge in [0.25, 0.3) is 5.91 Å². The van der Waals surface area contributed by atoms with Gasteiger partial charge in [-0.15, -0.1) is 0 Å². The second kappa shape index (κ2) is 10.5. The van der Waals surface area contributed by atoms with Crippen LogP contribution in [0.3, 0.4) is 0 Å². The molecule has 31 heavy (non-hydrogen) atoms. The highest BCUT2D eigenvalue weighted by Gasteiger charge is 2.36. The topological polar surface area (TPSA) is 84.9 Å². The van der Waals surface area contributed by atoms with E-state index in [1.165, 1.54) is 11.0 Å².